The van der Waals surface area contributed by atoms with Gasteiger partial charge in [-0.05, 0) is 35.2 Å². The molecule has 0 bridgehead atoms. The summed E-state index contributed by atoms with van der Waals surface area (Å²) in [5.74, 6) is -0.290. The maximum atomic E-state index is 13.3. The van der Waals surface area contributed by atoms with Crippen molar-refractivity contribution in [2.24, 2.45) is 4.99 Å². The summed E-state index contributed by atoms with van der Waals surface area (Å²) in [5.41, 5.74) is 3.78. The molecule has 0 saturated carbocycles. The van der Waals surface area contributed by atoms with E-state index in [1.54, 1.807) is 29.7 Å². The van der Waals surface area contributed by atoms with E-state index in [2.05, 4.69) is 40.2 Å². The summed E-state index contributed by atoms with van der Waals surface area (Å²) in [4.78, 5) is 8.09. The fourth-order valence-electron chi connectivity index (χ4n) is 3.34. The number of rotatable bonds is 4. The molecule has 134 valence electrons. The third kappa shape index (κ3) is 3.97. The van der Waals surface area contributed by atoms with Crippen molar-refractivity contribution >= 4 is 22.6 Å². The Bertz CT molecular complexity index is 1020. The van der Waals surface area contributed by atoms with Crippen molar-refractivity contribution in [1.29, 1.82) is 5.26 Å². The summed E-state index contributed by atoms with van der Waals surface area (Å²) in [6, 6.07) is 19.0. The van der Waals surface area contributed by atoms with Crippen molar-refractivity contribution < 1.29 is 4.39 Å². The third-order valence-corrected chi connectivity index (χ3v) is 5.78. The Hall–Kier alpha value is -2.81. The van der Waals surface area contributed by atoms with Crippen LogP contribution in [0.4, 0.5) is 9.39 Å². The van der Waals surface area contributed by atoms with Gasteiger partial charge in [0.15, 0.2) is 0 Å². The Balaban J connectivity index is 1.55. The van der Waals surface area contributed by atoms with Crippen LogP contribution in [0.1, 0.15) is 27.1 Å². The van der Waals surface area contributed by atoms with Gasteiger partial charge in [-0.1, -0.05) is 42.5 Å². The molecule has 0 unspecified atom stereocenters. The minimum atomic E-state index is -0.290. The summed E-state index contributed by atoms with van der Waals surface area (Å²) < 4.78 is 13.3. The van der Waals surface area contributed by atoms with Gasteiger partial charge in [0.1, 0.15) is 16.9 Å². The van der Waals surface area contributed by atoms with Gasteiger partial charge in [0.25, 0.3) is 0 Å². The molecule has 1 aromatic heterocycles. The van der Waals surface area contributed by atoms with Crippen LogP contribution in [0.2, 0.25) is 0 Å². The predicted molar refractivity (Wildman–Crippen MR) is 107 cm³/mol. The molecule has 2 aromatic carbocycles. The van der Waals surface area contributed by atoms with Gasteiger partial charge in [0.05, 0.1) is 5.56 Å². The van der Waals surface area contributed by atoms with Gasteiger partial charge in [-0.2, -0.15) is 5.26 Å². The van der Waals surface area contributed by atoms with E-state index < -0.39 is 0 Å². The molecule has 0 aliphatic carbocycles. The molecule has 0 N–H and O–H groups in total. The van der Waals surface area contributed by atoms with Crippen molar-refractivity contribution in [3.63, 3.8) is 0 Å². The normalized spacial score (nSPS) is 14.2. The lowest BCUT2D eigenvalue weighted by Gasteiger charge is -2.26. The second-order valence-corrected chi connectivity index (χ2v) is 7.64. The molecule has 3 nitrogen and oxygen atoms in total. The van der Waals surface area contributed by atoms with Crippen LogP contribution in [-0.4, -0.2) is 17.7 Å². The van der Waals surface area contributed by atoms with Gasteiger partial charge < -0.3 is 0 Å². The highest BCUT2D eigenvalue weighted by molar-refractivity contribution is 7.16. The molecule has 0 radical (unpaired) electrons. The lowest BCUT2D eigenvalue weighted by Crippen LogP contribution is -2.29. The SMILES string of the molecule is N#Cc1c(N=Cc2cccc(F)c2)sc2c1CCN(Cc1ccccc1)C2. The molecule has 1 aliphatic rings. The first-order valence-electron chi connectivity index (χ1n) is 8.83. The Labute approximate surface area is 162 Å². The fourth-order valence-corrected chi connectivity index (χ4v) is 4.53. The number of aliphatic imine (C=N–C) groups is 1. The topological polar surface area (TPSA) is 39.4 Å². The zero-order valence-electron chi connectivity index (χ0n) is 14.7. The van der Waals surface area contributed by atoms with Crippen LogP contribution in [0.25, 0.3) is 0 Å². The molecular formula is C22H18FN3S. The van der Waals surface area contributed by atoms with Crippen LogP contribution in [0, 0.1) is 17.1 Å². The maximum Gasteiger partial charge on any atom is 0.134 e. The molecule has 0 spiro atoms. The molecule has 3 aromatic rings. The van der Waals surface area contributed by atoms with Crippen LogP contribution in [0.5, 0.6) is 0 Å². The minimum absolute atomic E-state index is 0.290. The molecule has 27 heavy (non-hydrogen) atoms. The number of nitriles is 1. The van der Waals surface area contributed by atoms with Crippen LogP contribution < -0.4 is 0 Å². The lowest BCUT2D eigenvalue weighted by atomic mass is 10.0. The van der Waals surface area contributed by atoms with E-state index in [1.807, 2.05) is 6.07 Å². The smallest absolute Gasteiger partial charge is 0.134 e. The van der Waals surface area contributed by atoms with E-state index in [4.69, 9.17) is 0 Å². The van der Waals surface area contributed by atoms with E-state index in [0.29, 0.717) is 16.1 Å². The van der Waals surface area contributed by atoms with Crippen molar-refractivity contribution in [3.8, 4) is 6.07 Å². The van der Waals surface area contributed by atoms with Crippen molar-refractivity contribution in [2.75, 3.05) is 6.54 Å². The van der Waals surface area contributed by atoms with Gasteiger partial charge in [-0.3, -0.25) is 4.90 Å². The zero-order chi connectivity index (χ0) is 18.6. The molecule has 2 heterocycles. The molecule has 5 heteroatoms. The molecule has 4 rings (SSSR count). The number of halogens is 1. The monoisotopic (exact) mass is 375 g/mol. The summed E-state index contributed by atoms with van der Waals surface area (Å²) in [7, 11) is 0. The summed E-state index contributed by atoms with van der Waals surface area (Å²) in [6.45, 7) is 2.67. The molecule has 0 saturated heterocycles. The predicted octanol–water partition coefficient (Wildman–Crippen LogP) is 5.07. The Morgan fingerprint density at radius 3 is 2.81 bits per heavy atom. The van der Waals surface area contributed by atoms with Gasteiger partial charge in [0.2, 0.25) is 0 Å². The number of benzene rings is 2. The van der Waals surface area contributed by atoms with Crippen molar-refractivity contribution in [2.45, 2.75) is 19.5 Å². The summed E-state index contributed by atoms with van der Waals surface area (Å²) in [5, 5.41) is 10.3. The summed E-state index contributed by atoms with van der Waals surface area (Å²) >= 11 is 1.57. The van der Waals surface area contributed by atoms with Crippen LogP contribution >= 0.6 is 11.3 Å². The number of hydrogen-bond acceptors (Lipinski definition) is 4. The summed E-state index contributed by atoms with van der Waals surface area (Å²) in [6.07, 6.45) is 2.49. The average Bonchev–Trinajstić information content (AvgIpc) is 3.04. The molecule has 1 aliphatic heterocycles. The standard InChI is InChI=1S/C22H18FN3S/c23-18-8-4-7-17(11-18)13-25-22-20(12-24)19-9-10-26(15-21(19)27-22)14-16-5-2-1-3-6-16/h1-8,11,13H,9-10,14-15H2. The number of hydrogen-bond donors (Lipinski definition) is 0. The fraction of sp³-hybridized carbons (Fsp3) is 0.182. The highest BCUT2D eigenvalue weighted by Gasteiger charge is 2.24. The van der Waals surface area contributed by atoms with Gasteiger partial charge in [-0.15, -0.1) is 11.3 Å². The van der Waals surface area contributed by atoms with Gasteiger partial charge in [0, 0.05) is 30.7 Å². The van der Waals surface area contributed by atoms with E-state index in [0.717, 1.165) is 31.6 Å². The maximum absolute atomic E-state index is 13.3. The van der Waals surface area contributed by atoms with Crippen LogP contribution in [0.3, 0.4) is 0 Å². The van der Waals surface area contributed by atoms with E-state index in [-0.39, 0.29) is 5.82 Å². The Kier molecular flexibility index (Phi) is 5.10. The van der Waals surface area contributed by atoms with Gasteiger partial charge >= 0.3 is 0 Å². The average molecular weight is 375 g/mol. The van der Waals surface area contributed by atoms with Crippen molar-refractivity contribution in [3.05, 3.63) is 87.5 Å². The first-order chi connectivity index (χ1) is 13.2. The van der Waals surface area contributed by atoms with E-state index in [9.17, 15) is 9.65 Å². The van der Waals surface area contributed by atoms with Crippen LogP contribution in [-0.2, 0) is 19.5 Å². The zero-order valence-corrected chi connectivity index (χ0v) is 15.5. The third-order valence-electron chi connectivity index (χ3n) is 4.66. The second-order valence-electron chi connectivity index (χ2n) is 6.56. The number of thiophene rings is 1. The second kappa shape index (κ2) is 7.83. The van der Waals surface area contributed by atoms with Crippen LogP contribution in [0.15, 0.2) is 59.6 Å². The Morgan fingerprint density at radius 1 is 1.19 bits per heavy atom. The highest BCUT2D eigenvalue weighted by atomic mass is 32.1. The quantitative estimate of drug-likeness (QED) is 0.598. The number of fused-ring (bicyclic) bond motifs is 1. The first-order valence-corrected chi connectivity index (χ1v) is 9.65. The number of nitrogens with zero attached hydrogens (tertiary/aromatic N) is 3. The Morgan fingerprint density at radius 2 is 2.04 bits per heavy atom. The molecule has 0 atom stereocenters. The van der Waals surface area contributed by atoms with Crippen molar-refractivity contribution in [1.82, 2.24) is 4.90 Å². The molecular weight excluding hydrogens is 357 g/mol. The van der Waals surface area contributed by atoms with E-state index in [1.165, 1.54) is 22.6 Å². The van der Waals surface area contributed by atoms with E-state index >= 15 is 0 Å². The lowest BCUT2D eigenvalue weighted by molar-refractivity contribution is 0.249. The largest absolute Gasteiger partial charge is 0.294 e. The minimum Gasteiger partial charge on any atom is -0.294 e. The molecule has 0 amide bonds. The molecule has 0 fully saturated rings. The van der Waals surface area contributed by atoms with Gasteiger partial charge in [-0.25, -0.2) is 9.38 Å². The highest BCUT2D eigenvalue weighted by Crippen LogP contribution is 2.38. The first kappa shape index (κ1) is 17.6.